The number of nitro benzene ring substituents is 1. The molecular weight excluding hydrogens is 284 g/mol. The average molecular weight is 296 g/mol. The zero-order valence-corrected chi connectivity index (χ0v) is 11.9. The maximum absolute atomic E-state index is 11.0. The Morgan fingerprint density at radius 1 is 1.23 bits per heavy atom. The molecule has 1 aromatic rings. The molecule has 0 aliphatic carbocycles. The Morgan fingerprint density at radius 2 is 1.77 bits per heavy atom. The fraction of sp³-hybridized carbons (Fsp3) is 0.200. The zero-order chi connectivity index (χ0) is 16.4. The number of dihydropyridines is 1. The van der Waals surface area contributed by atoms with Crippen molar-refractivity contribution in [3.05, 3.63) is 56.4 Å². The number of allylic oxidation sites excluding steroid dienone is 4. The Morgan fingerprint density at radius 3 is 2.23 bits per heavy atom. The van der Waals surface area contributed by atoms with Crippen molar-refractivity contribution in [1.29, 1.82) is 10.5 Å². The quantitative estimate of drug-likeness (QED) is 0.638. The Balaban J connectivity index is 2.75. The van der Waals surface area contributed by atoms with Crippen molar-refractivity contribution in [1.82, 2.24) is 5.32 Å². The van der Waals surface area contributed by atoms with E-state index in [1.807, 2.05) is 12.1 Å². The minimum atomic E-state index is -0.823. The van der Waals surface area contributed by atoms with Crippen molar-refractivity contribution in [3.63, 3.8) is 0 Å². The van der Waals surface area contributed by atoms with Crippen LogP contribution in [0.25, 0.3) is 0 Å². The molecule has 1 heterocycles. The van der Waals surface area contributed by atoms with Crippen molar-refractivity contribution in [2.45, 2.75) is 19.8 Å². The lowest BCUT2D eigenvalue weighted by molar-refractivity contribution is -0.385. The summed E-state index contributed by atoms with van der Waals surface area (Å²) in [6.07, 6.45) is 0. The Kier molecular flexibility index (Phi) is 3.83. The van der Waals surface area contributed by atoms with E-state index < -0.39 is 22.3 Å². The van der Waals surface area contributed by atoms with Gasteiger partial charge in [0.05, 0.1) is 34.1 Å². The van der Waals surface area contributed by atoms with Gasteiger partial charge in [-0.05, 0) is 13.8 Å². The van der Waals surface area contributed by atoms with E-state index in [2.05, 4.69) is 5.32 Å². The highest BCUT2D eigenvalue weighted by Gasteiger charge is 2.33. The summed E-state index contributed by atoms with van der Waals surface area (Å²) in [5, 5.41) is 42.8. The van der Waals surface area contributed by atoms with Gasteiger partial charge in [-0.15, -0.1) is 0 Å². The second kappa shape index (κ2) is 5.58. The maximum atomic E-state index is 11.0. The molecule has 2 rings (SSSR count). The van der Waals surface area contributed by atoms with Gasteiger partial charge in [0.15, 0.2) is 5.75 Å². The zero-order valence-electron chi connectivity index (χ0n) is 11.9. The van der Waals surface area contributed by atoms with Crippen molar-refractivity contribution >= 4 is 5.69 Å². The van der Waals surface area contributed by atoms with E-state index in [9.17, 15) is 25.7 Å². The summed E-state index contributed by atoms with van der Waals surface area (Å²) in [6, 6.07) is 8.10. The molecule has 0 saturated carbocycles. The number of nitrogens with zero attached hydrogens (tertiary/aromatic N) is 3. The number of nitrogens with one attached hydrogen (secondary N) is 1. The van der Waals surface area contributed by atoms with Crippen LogP contribution in [0.3, 0.4) is 0 Å². The molecule has 7 nitrogen and oxygen atoms in total. The van der Waals surface area contributed by atoms with Crippen LogP contribution in [0.5, 0.6) is 5.75 Å². The standard InChI is InChI=1S/C15H12N4O3/c1-8-11(6-16)14(12(7-17)9(2)18-8)10-4-3-5-13(15(10)20)19(21)22/h3-5,14,18,20H,1-2H3. The summed E-state index contributed by atoms with van der Waals surface area (Å²) in [5.41, 5.74) is 1.31. The molecule has 1 aromatic carbocycles. The Hall–Kier alpha value is -3.32. The molecule has 0 amide bonds. The first-order chi connectivity index (χ1) is 10.4. The monoisotopic (exact) mass is 296 g/mol. The van der Waals surface area contributed by atoms with Gasteiger partial charge in [-0.3, -0.25) is 10.1 Å². The van der Waals surface area contributed by atoms with E-state index in [0.717, 1.165) is 0 Å². The highest BCUT2D eigenvalue weighted by atomic mass is 16.6. The summed E-state index contributed by atoms with van der Waals surface area (Å²) < 4.78 is 0. The van der Waals surface area contributed by atoms with E-state index in [0.29, 0.717) is 11.4 Å². The summed E-state index contributed by atoms with van der Waals surface area (Å²) in [6.45, 7) is 3.36. The van der Waals surface area contributed by atoms with Crippen LogP contribution in [-0.4, -0.2) is 10.0 Å². The molecule has 0 saturated heterocycles. The second-order valence-electron chi connectivity index (χ2n) is 4.83. The third-order valence-electron chi connectivity index (χ3n) is 3.55. The molecule has 0 aromatic heterocycles. The van der Waals surface area contributed by atoms with Gasteiger partial charge in [0.2, 0.25) is 0 Å². The first-order valence-corrected chi connectivity index (χ1v) is 6.37. The summed E-state index contributed by atoms with van der Waals surface area (Å²) in [5.74, 6) is -1.35. The van der Waals surface area contributed by atoms with E-state index in [1.165, 1.54) is 18.2 Å². The molecule has 0 radical (unpaired) electrons. The molecule has 110 valence electrons. The highest BCUT2D eigenvalue weighted by molar-refractivity contribution is 5.62. The summed E-state index contributed by atoms with van der Waals surface area (Å²) in [4.78, 5) is 10.3. The van der Waals surface area contributed by atoms with Gasteiger partial charge in [0.25, 0.3) is 0 Å². The predicted molar refractivity (Wildman–Crippen MR) is 77.3 cm³/mol. The predicted octanol–water partition coefficient (Wildman–Crippen LogP) is 2.58. The van der Waals surface area contributed by atoms with Gasteiger partial charge in [0.1, 0.15) is 0 Å². The molecule has 0 atom stereocenters. The second-order valence-corrected chi connectivity index (χ2v) is 4.83. The van der Waals surface area contributed by atoms with Crippen molar-refractivity contribution < 1.29 is 10.0 Å². The van der Waals surface area contributed by atoms with Crippen LogP contribution < -0.4 is 5.32 Å². The lowest BCUT2D eigenvalue weighted by Gasteiger charge is -2.26. The highest BCUT2D eigenvalue weighted by Crippen LogP contribution is 2.43. The number of rotatable bonds is 2. The average Bonchev–Trinajstić information content (AvgIpc) is 2.46. The molecule has 0 unspecified atom stereocenters. The van der Waals surface area contributed by atoms with Crippen LogP contribution in [0.4, 0.5) is 5.69 Å². The topological polar surface area (TPSA) is 123 Å². The van der Waals surface area contributed by atoms with E-state index >= 15 is 0 Å². The van der Waals surface area contributed by atoms with Crippen molar-refractivity contribution in [3.8, 4) is 17.9 Å². The third kappa shape index (κ3) is 2.25. The minimum absolute atomic E-state index is 0.169. The molecule has 2 N–H and O–H groups in total. The molecule has 0 spiro atoms. The lowest BCUT2D eigenvalue weighted by atomic mass is 9.81. The van der Waals surface area contributed by atoms with Crippen LogP contribution in [0.15, 0.2) is 40.7 Å². The number of aromatic hydroxyl groups is 1. The van der Waals surface area contributed by atoms with Crippen molar-refractivity contribution in [2.24, 2.45) is 0 Å². The Labute approximate surface area is 126 Å². The molecule has 1 aliphatic rings. The number of phenols is 1. The third-order valence-corrected chi connectivity index (χ3v) is 3.55. The molecule has 0 bridgehead atoms. The van der Waals surface area contributed by atoms with Gasteiger partial charge in [-0.25, -0.2) is 0 Å². The van der Waals surface area contributed by atoms with E-state index in [4.69, 9.17) is 0 Å². The van der Waals surface area contributed by atoms with E-state index in [-0.39, 0.29) is 16.7 Å². The van der Waals surface area contributed by atoms with Crippen LogP contribution in [-0.2, 0) is 0 Å². The summed E-state index contributed by atoms with van der Waals surface area (Å²) >= 11 is 0. The SMILES string of the molecule is CC1=C(C#N)C(c2cccc([N+](=O)[O-])c2O)C(C#N)=C(C)N1. The van der Waals surface area contributed by atoms with Gasteiger partial charge in [-0.1, -0.05) is 12.1 Å². The molecule has 1 aliphatic heterocycles. The number of hydrogen-bond acceptors (Lipinski definition) is 6. The minimum Gasteiger partial charge on any atom is -0.502 e. The van der Waals surface area contributed by atoms with Gasteiger partial charge < -0.3 is 10.4 Å². The maximum Gasteiger partial charge on any atom is 0.311 e. The molecule has 22 heavy (non-hydrogen) atoms. The number of hydrogen-bond donors (Lipinski definition) is 2. The summed E-state index contributed by atoms with van der Waals surface area (Å²) in [7, 11) is 0. The molecular formula is C15H12N4O3. The number of para-hydroxylation sites is 1. The first-order valence-electron chi connectivity index (χ1n) is 6.37. The largest absolute Gasteiger partial charge is 0.502 e. The fourth-order valence-corrected chi connectivity index (χ4v) is 2.53. The first kappa shape index (κ1) is 15.1. The van der Waals surface area contributed by atoms with Crippen LogP contribution in [0, 0.1) is 32.8 Å². The lowest BCUT2D eigenvalue weighted by Crippen LogP contribution is -2.23. The van der Waals surface area contributed by atoms with Crippen LogP contribution >= 0.6 is 0 Å². The number of phenolic OH excluding ortho intramolecular Hbond substituents is 1. The fourth-order valence-electron chi connectivity index (χ4n) is 2.53. The van der Waals surface area contributed by atoms with Crippen LogP contribution in [0.2, 0.25) is 0 Å². The number of nitriles is 2. The number of nitro groups is 1. The molecule has 7 heteroatoms. The number of benzene rings is 1. The Bertz CT molecular complexity index is 773. The van der Waals surface area contributed by atoms with Gasteiger partial charge in [0, 0.05) is 23.0 Å². The normalized spacial score (nSPS) is 15.1. The van der Waals surface area contributed by atoms with Crippen LogP contribution in [0.1, 0.15) is 25.3 Å². The van der Waals surface area contributed by atoms with Gasteiger partial charge >= 0.3 is 5.69 Å². The molecule has 0 fully saturated rings. The smallest absolute Gasteiger partial charge is 0.311 e. The van der Waals surface area contributed by atoms with E-state index in [1.54, 1.807) is 13.8 Å². The van der Waals surface area contributed by atoms with Gasteiger partial charge in [-0.2, -0.15) is 10.5 Å². The van der Waals surface area contributed by atoms with Crippen molar-refractivity contribution in [2.75, 3.05) is 0 Å².